The smallest absolute Gasteiger partial charge is 0.265 e. The highest BCUT2D eigenvalue weighted by atomic mass is 32.1. The zero-order chi connectivity index (χ0) is 15.9. The molecule has 0 aliphatic carbocycles. The van der Waals surface area contributed by atoms with Crippen molar-refractivity contribution in [3.05, 3.63) is 59.7 Å². The van der Waals surface area contributed by atoms with Gasteiger partial charge in [-0.3, -0.25) is 15.0 Å². The van der Waals surface area contributed by atoms with E-state index in [1.807, 2.05) is 35.8 Å². The molecule has 22 heavy (non-hydrogen) atoms. The molecule has 0 fully saturated rings. The Morgan fingerprint density at radius 3 is 2.36 bits per heavy atom. The van der Waals surface area contributed by atoms with E-state index in [9.17, 15) is 9.59 Å². The number of rotatable bonds is 4. The van der Waals surface area contributed by atoms with Crippen LogP contribution >= 0.6 is 12.2 Å². The Hall–Kier alpha value is -2.77. The summed E-state index contributed by atoms with van der Waals surface area (Å²) in [5.41, 5.74) is 3.82. The Labute approximate surface area is 132 Å². The van der Waals surface area contributed by atoms with Crippen molar-refractivity contribution in [2.45, 2.75) is 0 Å². The van der Waals surface area contributed by atoms with Crippen LogP contribution in [0.2, 0.25) is 0 Å². The highest BCUT2D eigenvalue weighted by Crippen LogP contribution is 2.15. The standard InChI is InChI=1S/C15H14N4O2S/c16-19-14(21)13-8-12(7-6-10(13)9-20)18-15(22)17-11-4-2-1-3-5-11/h1-9H,16H2,(H,19,21)(H2,17,18,22). The van der Waals surface area contributed by atoms with Crippen molar-refractivity contribution in [3.63, 3.8) is 0 Å². The second kappa shape index (κ2) is 7.30. The number of benzene rings is 2. The van der Waals surface area contributed by atoms with Crippen molar-refractivity contribution in [2.24, 2.45) is 5.84 Å². The van der Waals surface area contributed by atoms with Gasteiger partial charge < -0.3 is 10.6 Å². The number of hydrogen-bond acceptors (Lipinski definition) is 4. The van der Waals surface area contributed by atoms with Gasteiger partial charge in [-0.2, -0.15) is 0 Å². The third-order valence-corrected chi connectivity index (χ3v) is 3.05. The minimum absolute atomic E-state index is 0.171. The second-order valence-corrected chi connectivity index (χ2v) is 4.75. The topological polar surface area (TPSA) is 96.2 Å². The lowest BCUT2D eigenvalue weighted by Crippen LogP contribution is -2.31. The van der Waals surface area contributed by atoms with Crippen LogP contribution in [0.25, 0.3) is 0 Å². The Balaban J connectivity index is 2.14. The van der Waals surface area contributed by atoms with Gasteiger partial charge in [-0.05, 0) is 42.5 Å². The largest absolute Gasteiger partial charge is 0.332 e. The molecule has 0 aliphatic rings. The molecule has 5 N–H and O–H groups in total. The molecule has 2 aromatic rings. The zero-order valence-corrected chi connectivity index (χ0v) is 12.3. The van der Waals surface area contributed by atoms with Crippen LogP contribution in [0.5, 0.6) is 0 Å². The average molecular weight is 314 g/mol. The van der Waals surface area contributed by atoms with Gasteiger partial charge in [-0.25, -0.2) is 5.84 Å². The number of nitrogens with two attached hydrogens (primary N) is 1. The predicted octanol–water partition coefficient (Wildman–Crippen LogP) is 1.91. The molecule has 0 bridgehead atoms. The molecular formula is C15H14N4O2S. The molecule has 1 amide bonds. The maximum Gasteiger partial charge on any atom is 0.265 e. The lowest BCUT2D eigenvalue weighted by atomic mass is 10.1. The van der Waals surface area contributed by atoms with Crippen LogP contribution in [0.4, 0.5) is 11.4 Å². The van der Waals surface area contributed by atoms with E-state index in [1.165, 1.54) is 12.1 Å². The summed E-state index contributed by atoms with van der Waals surface area (Å²) >= 11 is 5.20. The van der Waals surface area contributed by atoms with Gasteiger partial charge in [-0.15, -0.1) is 0 Å². The van der Waals surface area contributed by atoms with Crippen molar-refractivity contribution >= 4 is 40.9 Å². The average Bonchev–Trinajstić information content (AvgIpc) is 2.54. The number of carbonyl (C=O) groups is 2. The van der Waals surface area contributed by atoms with Gasteiger partial charge in [0.2, 0.25) is 0 Å². The van der Waals surface area contributed by atoms with Crippen molar-refractivity contribution in [1.29, 1.82) is 0 Å². The van der Waals surface area contributed by atoms with Gasteiger partial charge in [0.15, 0.2) is 11.4 Å². The third kappa shape index (κ3) is 3.87. The first kappa shape index (κ1) is 15.6. The highest BCUT2D eigenvalue weighted by molar-refractivity contribution is 7.80. The van der Waals surface area contributed by atoms with Gasteiger partial charge in [0.25, 0.3) is 5.91 Å². The van der Waals surface area contributed by atoms with Crippen LogP contribution in [0.1, 0.15) is 20.7 Å². The van der Waals surface area contributed by atoms with Gasteiger partial charge in [0.05, 0.1) is 5.56 Å². The van der Waals surface area contributed by atoms with Gasteiger partial charge in [-0.1, -0.05) is 18.2 Å². The summed E-state index contributed by atoms with van der Waals surface area (Å²) in [6, 6.07) is 14.1. The van der Waals surface area contributed by atoms with Crippen LogP contribution in [-0.2, 0) is 0 Å². The number of nitrogens with one attached hydrogen (secondary N) is 3. The predicted molar refractivity (Wildman–Crippen MR) is 89.8 cm³/mol. The molecule has 0 spiro atoms. The minimum Gasteiger partial charge on any atom is -0.332 e. The molecule has 0 atom stereocenters. The maximum atomic E-state index is 11.7. The quantitative estimate of drug-likeness (QED) is 0.226. The molecule has 2 rings (SSSR count). The minimum atomic E-state index is -0.548. The molecule has 0 unspecified atom stereocenters. The summed E-state index contributed by atoms with van der Waals surface area (Å²) in [4.78, 5) is 22.6. The number of aldehydes is 1. The molecule has 0 saturated heterocycles. The molecule has 0 heterocycles. The Morgan fingerprint density at radius 2 is 1.73 bits per heavy atom. The number of anilines is 2. The van der Waals surface area contributed by atoms with Crippen molar-refractivity contribution < 1.29 is 9.59 Å². The fraction of sp³-hybridized carbons (Fsp3) is 0. The summed E-state index contributed by atoms with van der Waals surface area (Å²) < 4.78 is 0. The van der Waals surface area contributed by atoms with Crippen LogP contribution in [-0.4, -0.2) is 17.3 Å². The molecular weight excluding hydrogens is 300 g/mol. The van der Waals surface area contributed by atoms with E-state index in [1.54, 1.807) is 6.07 Å². The number of nitrogen functional groups attached to an aromatic ring is 1. The Bertz CT molecular complexity index is 704. The van der Waals surface area contributed by atoms with E-state index in [0.29, 0.717) is 17.1 Å². The molecule has 2 aromatic carbocycles. The fourth-order valence-electron chi connectivity index (χ4n) is 1.83. The molecule has 0 radical (unpaired) electrons. The maximum absolute atomic E-state index is 11.7. The van der Waals surface area contributed by atoms with E-state index < -0.39 is 5.91 Å². The molecule has 0 aliphatic heterocycles. The van der Waals surface area contributed by atoms with Crippen LogP contribution in [0.15, 0.2) is 48.5 Å². The molecule has 0 aromatic heterocycles. The normalized spacial score (nSPS) is 9.68. The second-order valence-electron chi connectivity index (χ2n) is 4.34. The first-order valence-corrected chi connectivity index (χ1v) is 6.78. The number of amides is 1. The summed E-state index contributed by atoms with van der Waals surface area (Å²) in [6.45, 7) is 0. The van der Waals surface area contributed by atoms with Gasteiger partial charge in [0.1, 0.15) is 0 Å². The van der Waals surface area contributed by atoms with Gasteiger partial charge >= 0.3 is 0 Å². The number of para-hydroxylation sites is 1. The number of hydrogen-bond donors (Lipinski definition) is 4. The zero-order valence-electron chi connectivity index (χ0n) is 11.5. The monoisotopic (exact) mass is 314 g/mol. The van der Waals surface area contributed by atoms with Crippen molar-refractivity contribution in [3.8, 4) is 0 Å². The fourth-order valence-corrected chi connectivity index (χ4v) is 2.06. The lowest BCUT2D eigenvalue weighted by Gasteiger charge is -2.12. The van der Waals surface area contributed by atoms with Crippen LogP contribution in [0.3, 0.4) is 0 Å². The number of hydrazine groups is 1. The Morgan fingerprint density at radius 1 is 1.05 bits per heavy atom. The first-order valence-electron chi connectivity index (χ1n) is 6.37. The summed E-state index contributed by atoms with van der Waals surface area (Å²) in [5, 5.41) is 6.32. The molecule has 0 saturated carbocycles. The summed E-state index contributed by atoms with van der Waals surface area (Å²) in [7, 11) is 0. The molecule has 112 valence electrons. The van der Waals surface area contributed by atoms with Crippen LogP contribution < -0.4 is 21.9 Å². The van der Waals surface area contributed by atoms with E-state index in [2.05, 4.69) is 10.6 Å². The summed E-state index contributed by atoms with van der Waals surface area (Å²) in [6.07, 6.45) is 0.592. The SMILES string of the molecule is NNC(=O)c1cc(NC(=S)Nc2ccccc2)ccc1C=O. The highest BCUT2D eigenvalue weighted by Gasteiger charge is 2.11. The van der Waals surface area contributed by atoms with Gasteiger partial charge in [0, 0.05) is 16.9 Å². The number of carbonyl (C=O) groups excluding carboxylic acids is 2. The van der Waals surface area contributed by atoms with E-state index in [0.717, 1.165) is 5.69 Å². The first-order chi connectivity index (χ1) is 10.6. The van der Waals surface area contributed by atoms with Crippen molar-refractivity contribution in [1.82, 2.24) is 5.43 Å². The molecule has 7 heteroatoms. The van der Waals surface area contributed by atoms with E-state index in [4.69, 9.17) is 18.1 Å². The summed E-state index contributed by atoms with van der Waals surface area (Å²) in [5.74, 6) is 4.56. The van der Waals surface area contributed by atoms with Crippen LogP contribution in [0, 0.1) is 0 Å². The van der Waals surface area contributed by atoms with Crippen molar-refractivity contribution in [2.75, 3.05) is 10.6 Å². The van der Waals surface area contributed by atoms with E-state index in [-0.39, 0.29) is 11.1 Å². The third-order valence-electron chi connectivity index (χ3n) is 2.85. The lowest BCUT2D eigenvalue weighted by molar-refractivity contribution is 0.0948. The molecule has 6 nitrogen and oxygen atoms in total. The number of thiocarbonyl (C=S) groups is 1. The van der Waals surface area contributed by atoms with E-state index >= 15 is 0 Å². The Kier molecular flexibility index (Phi) is 5.18.